The molecule has 0 radical (unpaired) electrons. The van der Waals surface area contributed by atoms with Crippen LogP contribution in [-0.4, -0.2) is 19.1 Å². The van der Waals surface area contributed by atoms with Gasteiger partial charge >= 0.3 is 0 Å². The van der Waals surface area contributed by atoms with E-state index >= 15 is 0 Å². The monoisotopic (exact) mass is 244 g/mol. The number of hydrogen-bond donors (Lipinski definition) is 1. The topological polar surface area (TPSA) is 62.1 Å². The summed E-state index contributed by atoms with van der Waals surface area (Å²) in [6.07, 6.45) is 2.51. The molecule has 0 aliphatic carbocycles. The van der Waals surface area contributed by atoms with E-state index in [0.29, 0.717) is 30.2 Å². The van der Waals surface area contributed by atoms with Gasteiger partial charge in [0.25, 0.3) is 0 Å². The molecule has 1 amide bonds. The number of benzene rings is 1. The molecule has 1 aliphatic rings. The lowest BCUT2D eigenvalue weighted by atomic mass is 9.98. The maximum absolute atomic E-state index is 11.9. The Kier molecular flexibility index (Phi) is 4.32. The SMILES string of the molecule is N#Cc1ccccc1NC(=O)CC1CCCOC1. The van der Waals surface area contributed by atoms with Gasteiger partial charge in [0.15, 0.2) is 0 Å². The van der Waals surface area contributed by atoms with Gasteiger partial charge in [-0.15, -0.1) is 0 Å². The minimum absolute atomic E-state index is 0.0480. The highest BCUT2D eigenvalue weighted by Crippen LogP contribution is 2.19. The first-order valence-corrected chi connectivity index (χ1v) is 6.16. The molecule has 1 heterocycles. The van der Waals surface area contributed by atoms with Crippen LogP contribution in [0.25, 0.3) is 0 Å². The van der Waals surface area contributed by atoms with Crippen LogP contribution in [0, 0.1) is 17.2 Å². The number of ether oxygens (including phenoxy) is 1. The third-order valence-electron chi connectivity index (χ3n) is 3.05. The Morgan fingerprint density at radius 3 is 3.06 bits per heavy atom. The van der Waals surface area contributed by atoms with Crippen LogP contribution >= 0.6 is 0 Å². The zero-order chi connectivity index (χ0) is 12.8. The minimum Gasteiger partial charge on any atom is -0.381 e. The van der Waals surface area contributed by atoms with Gasteiger partial charge < -0.3 is 10.1 Å². The van der Waals surface area contributed by atoms with E-state index in [4.69, 9.17) is 10.00 Å². The molecular formula is C14H16N2O2. The Bertz CT molecular complexity index is 459. The number of nitriles is 1. The van der Waals surface area contributed by atoms with Crippen molar-refractivity contribution in [2.24, 2.45) is 5.92 Å². The largest absolute Gasteiger partial charge is 0.381 e. The number of carbonyl (C=O) groups is 1. The lowest BCUT2D eigenvalue weighted by Crippen LogP contribution is -2.23. The van der Waals surface area contributed by atoms with Crippen molar-refractivity contribution in [2.45, 2.75) is 19.3 Å². The number of nitrogens with one attached hydrogen (secondary N) is 1. The van der Waals surface area contributed by atoms with Gasteiger partial charge in [0.1, 0.15) is 6.07 Å². The predicted octanol–water partition coefficient (Wildman–Crippen LogP) is 2.31. The van der Waals surface area contributed by atoms with Gasteiger partial charge in [-0.3, -0.25) is 4.79 Å². The van der Waals surface area contributed by atoms with E-state index in [1.807, 2.05) is 0 Å². The molecule has 1 atom stereocenters. The average Bonchev–Trinajstić information content (AvgIpc) is 2.40. The van der Waals surface area contributed by atoms with Gasteiger partial charge in [-0.1, -0.05) is 12.1 Å². The summed E-state index contributed by atoms with van der Waals surface area (Å²) in [6.45, 7) is 1.46. The van der Waals surface area contributed by atoms with Gasteiger partial charge in [0, 0.05) is 19.6 Å². The summed E-state index contributed by atoms with van der Waals surface area (Å²) in [7, 11) is 0. The summed E-state index contributed by atoms with van der Waals surface area (Å²) < 4.78 is 5.35. The van der Waals surface area contributed by atoms with E-state index in [0.717, 1.165) is 19.4 Å². The number of rotatable bonds is 3. The average molecular weight is 244 g/mol. The second-order valence-electron chi connectivity index (χ2n) is 4.49. The third-order valence-corrected chi connectivity index (χ3v) is 3.05. The fourth-order valence-corrected chi connectivity index (χ4v) is 2.12. The first kappa shape index (κ1) is 12.6. The molecule has 0 saturated carbocycles. The fourth-order valence-electron chi connectivity index (χ4n) is 2.12. The summed E-state index contributed by atoms with van der Waals surface area (Å²) in [5.74, 6) is 0.251. The summed E-state index contributed by atoms with van der Waals surface area (Å²) in [5, 5.41) is 11.7. The highest BCUT2D eigenvalue weighted by atomic mass is 16.5. The van der Waals surface area contributed by atoms with Gasteiger partial charge in [0.2, 0.25) is 5.91 Å². The molecule has 2 rings (SSSR count). The van der Waals surface area contributed by atoms with Crippen molar-refractivity contribution in [1.29, 1.82) is 5.26 Å². The molecule has 4 nitrogen and oxygen atoms in total. The van der Waals surface area contributed by atoms with Crippen molar-refractivity contribution in [3.8, 4) is 6.07 Å². The number of para-hydroxylation sites is 1. The zero-order valence-electron chi connectivity index (χ0n) is 10.2. The van der Waals surface area contributed by atoms with Crippen molar-refractivity contribution in [1.82, 2.24) is 0 Å². The molecule has 0 spiro atoms. The van der Waals surface area contributed by atoms with E-state index in [2.05, 4.69) is 11.4 Å². The maximum atomic E-state index is 11.9. The Balaban J connectivity index is 1.92. The van der Waals surface area contributed by atoms with Gasteiger partial charge in [-0.25, -0.2) is 0 Å². The van der Waals surface area contributed by atoms with Crippen molar-refractivity contribution in [3.05, 3.63) is 29.8 Å². The Hall–Kier alpha value is -1.86. The van der Waals surface area contributed by atoms with Crippen LogP contribution in [-0.2, 0) is 9.53 Å². The molecule has 0 aromatic heterocycles. The molecule has 94 valence electrons. The summed E-state index contributed by atoms with van der Waals surface area (Å²) in [4.78, 5) is 11.9. The number of nitrogens with zero attached hydrogens (tertiary/aromatic N) is 1. The van der Waals surface area contributed by atoms with Crippen molar-refractivity contribution < 1.29 is 9.53 Å². The molecule has 0 bridgehead atoms. The lowest BCUT2D eigenvalue weighted by Gasteiger charge is -2.21. The molecule has 1 fully saturated rings. The molecule has 4 heteroatoms. The molecule has 1 N–H and O–H groups in total. The van der Waals surface area contributed by atoms with Gasteiger partial charge in [0.05, 0.1) is 11.3 Å². The first-order chi connectivity index (χ1) is 8.79. The van der Waals surface area contributed by atoms with Gasteiger partial charge in [-0.05, 0) is 30.9 Å². The van der Waals surface area contributed by atoms with Crippen LogP contribution in [0.2, 0.25) is 0 Å². The number of anilines is 1. The fraction of sp³-hybridized carbons (Fsp3) is 0.429. The normalized spacial score (nSPS) is 18.9. The summed E-state index contributed by atoms with van der Waals surface area (Å²) in [5.41, 5.74) is 1.08. The highest BCUT2D eigenvalue weighted by molar-refractivity contribution is 5.92. The van der Waals surface area contributed by atoms with E-state index in [1.165, 1.54) is 0 Å². The summed E-state index contributed by atoms with van der Waals surface area (Å²) in [6, 6.07) is 9.09. The van der Waals surface area contributed by atoms with Crippen LogP contribution in [0.3, 0.4) is 0 Å². The zero-order valence-corrected chi connectivity index (χ0v) is 10.2. The van der Waals surface area contributed by atoms with Crippen LogP contribution in [0.5, 0.6) is 0 Å². The smallest absolute Gasteiger partial charge is 0.224 e. The van der Waals surface area contributed by atoms with E-state index in [1.54, 1.807) is 24.3 Å². The maximum Gasteiger partial charge on any atom is 0.224 e. The van der Waals surface area contributed by atoms with E-state index < -0.39 is 0 Å². The molecule has 1 unspecified atom stereocenters. The van der Waals surface area contributed by atoms with E-state index in [9.17, 15) is 4.79 Å². The lowest BCUT2D eigenvalue weighted by molar-refractivity contribution is -0.118. The number of hydrogen-bond acceptors (Lipinski definition) is 3. The van der Waals surface area contributed by atoms with E-state index in [-0.39, 0.29) is 5.91 Å². The van der Waals surface area contributed by atoms with Crippen molar-refractivity contribution in [3.63, 3.8) is 0 Å². The standard InChI is InChI=1S/C14H16N2O2/c15-9-12-5-1-2-6-13(12)16-14(17)8-11-4-3-7-18-10-11/h1-2,5-6,11H,3-4,7-8,10H2,(H,16,17). The number of amides is 1. The number of carbonyl (C=O) groups excluding carboxylic acids is 1. The second-order valence-corrected chi connectivity index (χ2v) is 4.49. The molecular weight excluding hydrogens is 228 g/mol. The third kappa shape index (κ3) is 3.31. The molecule has 1 saturated heterocycles. The van der Waals surface area contributed by atoms with Crippen LogP contribution in [0.15, 0.2) is 24.3 Å². The van der Waals surface area contributed by atoms with Crippen LogP contribution in [0.4, 0.5) is 5.69 Å². The van der Waals surface area contributed by atoms with Crippen LogP contribution < -0.4 is 5.32 Å². The van der Waals surface area contributed by atoms with Crippen molar-refractivity contribution >= 4 is 11.6 Å². The quantitative estimate of drug-likeness (QED) is 0.887. The molecule has 1 aliphatic heterocycles. The first-order valence-electron chi connectivity index (χ1n) is 6.16. The minimum atomic E-state index is -0.0480. The van der Waals surface area contributed by atoms with Crippen LogP contribution in [0.1, 0.15) is 24.8 Å². The molecule has 18 heavy (non-hydrogen) atoms. The highest BCUT2D eigenvalue weighted by Gasteiger charge is 2.18. The summed E-state index contributed by atoms with van der Waals surface area (Å²) >= 11 is 0. The molecule has 1 aromatic rings. The Labute approximate surface area is 107 Å². The Morgan fingerprint density at radius 1 is 1.50 bits per heavy atom. The van der Waals surface area contributed by atoms with Gasteiger partial charge in [-0.2, -0.15) is 5.26 Å². The van der Waals surface area contributed by atoms with Crippen molar-refractivity contribution in [2.75, 3.05) is 18.5 Å². The molecule has 1 aromatic carbocycles. The Morgan fingerprint density at radius 2 is 2.33 bits per heavy atom. The predicted molar refractivity (Wildman–Crippen MR) is 67.9 cm³/mol. The second kappa shape index (κ2) is 6.18.